The van der Waals surface area contributed by atoms with Gasteiger partial charge in [0, 0.05) is 140 Å². The van der Waals surface area contributed by atoms with E-state index in [2.05, 4.69) is 31.1 Å². The number of nitrogens with one attached hydrogen (secondary N) is 2. The Morgan fingerprint density at radius 1 is 0.469 bits per heavy atom. The number of urea groups is 1. The van der Waals surface area contributed by atoms with Crippen LogP contribution in [0.5, 0.6) is 11.5 Å². The van der Waals surface area contributed by atoms with Crippen molar-refractivity contribution in [3.63, 3.8) is 0 Å². The number of anilines is 2. The van der Waals surface area contributed by atoms with Gasteiger partial charge < -0.3 is 20.8 Å². The minimum Gasteiger partial charge on any atom is -0.505 e. The zero-order valence-electron chi connectivity index (χ0n) is 34.4. The fraction of sp³-hybridized carbons (Fsp3) is 0.0571. The minimum absolute atomic E-state index is 0. The summed E-state index contributed by atoms with van der Waals surface area (Å²) in [5, 5.41) is 42.4. The van der Waals surface area contributed by atoms with Crippen LogP contribution < -0.4 is 10.6 Å². The molecule has 0 aliphatic carbocycles. The molecule has 0 unspecified atom stereocenters. The first kappa shape index (κ1) is 57.7. The Labute approximate surface area is 453 Å². The molecular weight excluding hydrogens is 965 g/mol. The van der Waals surface area contributed by atoms with Crippen LogP contribution in [0.1, 0.15) is 11.1 Å². The van der Waals surface area contributed by atoms with Gasteiger partial charge in [0.1, 0.15) is 21.2 Å². The van der Waals surface area contributed by atoms with Crippen molar-refractivity contribution in [2.45, 2.75) is 33.4 Å². The number of nitrogens with zero attached hydrogens (tertiary/aromatic N) is 4. The van der Waals surface area contributed by atoms with Gasteiger partial charge in [-0.05, 0) is 121 Å². The third kappa shape index (κ3) is 13.4. The molecule has 0 heterocycles. The number of amides is 2. The van der Waals surface area contributed by atoms with Crippen LogP contribution in [-0.2, 0) is 40.5 Å². The molecule has 8 N–H and O–H groups in total. The fourth-order valence-electron chi connectivity index (χ4n) is 5.75. The summed E-state index contributed by atoms with van der Waals surface area (Å²) in [6, 6.07) is 15.3. The average molecular weight is 993 g/mol. The van der Waals surface area contributed by atoms with E-state index in [-0.39, 0.29) is 174 Å². The van der Waals surface area contributed by atoms with Gasteiger partial charge in [0.15, 0.2) is 11.5 Å². The number of hydrogen-bond acceptors (Lipinski definition) is 15. The monoisotopic (exact) mass is 992 g/mol. The Balaban J connectivity index is 0.00000352. The average Bonchev–Trinajstić information content (AvgIpc) is 3.13. The van der Waals surface area contributed by atoms with E-state index < -0.39 is 89.0 Å². The Hall–Kier alpha value is -2.45. The Bertz CT molecular complexity index is 3140. The number of carbonyl (C=O) groups is 1. The molecule has 0 aromatic heterocycles. The number of aryl methyl sites for hydroxylation is 2. The van der Waals surface area contributed by atoms with Gasteiger partial charge in [0.05, 0.1) is 21.2 Å². The molecule has 64 heavy (non-hydrogen) atoms. The number of phenolic OH excluding ortho intramolecular Hbond substituents is 2. The van der Waals surface area contributed by atoms with Crippen molar-refractivity contribution < 1.29 is 66.9 Å². The van der Waals surface area contributed by atoms with E-state index in [1.807, 2.05) is 0 Å². The first-order chi connectivity index (χ1) is 27.8. The van der Waals surface area contributed by atoms with Crippen molar-refractivity contribution in [3.05, 3.63) is 96.1 Å². The van der Waals surface area contributed by atoms with Gasteiger partial charge in [-0.25, -0.2) is 4.79 Å². The Kier molecular flexibility index (Phi) is 19.9. The summed E-state index contributed by atoms with van der Waals surface area (Å²) in [7, 11) is -19.2. The van der Waals surface area contributed by atoms with Crippen LogP contribution in [0, 0.1) is 13.8 Å². The summed E-state index contributed by atoms with van der Waals surface area (Å²) in [5.41, 5.74) is -0.760. The van der Waals surface area contributed by atoms with Crippen molar-refractivity contribution in [2.24, 2.45) is 20.5 Å². The third-order valence-corrected chi connectivity index (χ3v) is 12.1. The SMILES string of the molecule is Cc1cc(S(=O)(=O)O)ccc1N=Nc1c(S(=O)(=O)O)cc2cc(NC(=O)Nc3ccc4c(O)c(N=Nc5ccc(S(=O)(=O)O)cc5C)c(S(=O)(=O)O)cc4c3)ccc2c1O.[Na].[Na].[Na].[Na]. The molecule has 0 aliphatic heterocycles. The summed E-state index contributed by atoms with van der Waals surface area (Å²) in [6.07, 6.45) is 0. The number of rotatable bonds is 10. The first-order valence-electron chi connectivity index (χ1n) is 16.4. The maximum atomic E-state index is 13.1. The molecule has 6 aromatic rings. The summed E-state index contributed by atoms with van der Waals surface area (Å²) in [4.78, 5) is 10.4. The van der Waals surface area contributed by atoms with Gasteiger partial charge in [-0.2, -0.15) is 43.9 Å². The number of azo groups is 2. The zero-order valence-corrected chi connectivity index (χ0v) is 45.6. The normalized spacial score (nSPS) is 12.0. The second-order valence-electron chi connectivity index (χ2n) is 12.8. The molecule has 0 bridgehead atoms. The smallest absolute Gasteiger partial charge is 0.323 e. The quantitative estimate of drug-likeness (QED) is 0.0446. The number of aromatic hydroxyl groups is 2. The molecule has 0 fully saturated rings. The molecule has 2 amide bonds. The molecule has 0 saturated heterocycles. The largest absolute Gasteiger partial charge is 0.505 e. The first-order valence-corrected chi connectivity index (χ1v) is 22.2. The molecular formula is C35H28N6Na4O15S4. The molecule has 21 nitrogen and oxygen atoms in total. The second-order valence-corrected chi connectivity index (χ2v) is 18.4. The number of fused-ring (bicyclic) bond motifs is 2. The van der Waals surface area contributed by atoms with Crippen molar-refractivity contribution >= 4 is 220 Å². The fourth-order valence-corrected chi connectivity index (χ4v) is 8.19. The predicted molar refractivity (Wildman–Crippen MR) is 237 cm³/mol. The summed E-state index contributed by atoms with van der Waals surface area (Å²) in [5.74, 6) is -1.46. The molecule has 0 spiro atoms. The minimum atomic E-state index is -5.06. The number of hydrogen-bond donors (Lipinski definition) is 8. The molecule has 4 radical (unpaired) electrons. The van der Waals surface area contributed by atoms with Gasteiger partial charge in [0.2, 0.25) is 0 Å². The van der Waals surface area contributed by atoms with Crippen LogP contribution in [-0.4, -0.2) is 186 Å². The summed E-state index contributed by atoms with van der Waals surface area (Å²) >= 11 is 0. The standard InChI is InChI=1S/C35H28N6O15S4.4Na/c1-17-11-23(57(45,46)47)5-9-27(17)38-40-31-29(59(51,52)53)15-19-13-21(3-7-25(19)33(31)42)36-35(44)37-22-4-8-26-20(14-22)16-30(60(54,55)56)32(34(26)43)41-39-28-10-6-24(12-18(28)2)58(48,49)50;;;;/h3-16,42-43H,1-2H3,(H2,36,37,44)(H,45,46,47)(H,48,49,50)(H,51,52,53)(H,54,55,56);;;;. The molecule has 0 saturated carbocycles. The van der Waals surface area contributed by atoms with E-state index in [1.165, 1.54) is 62.4 Å². The Morgan fingerprint density at radius 3 is 1.11 bits per heavy atom. The molecule has 6 aromatic carbocycles. The summed E-state index contributed by atoms with van der Waals surface area (Å²) < 4.78 is 134. The maximum absolute atomic E-state index is 13.1. The summed E-state index contributed by atoms with van der Waals surface area (Å²) in [6.45, 7) is 2.86. The van der Waals surface area contributed by atoms with Crippen LogP contribution in [0.3, 0.4) is 0 Å². The van der Waals surface area contributed by atoms with Gasteiger partial charge in [0.25, 0.3) is 40.5 Å². The van der Waals surface area contributed by atoms with Crippen molar-refractivity contribution in [3.8, 4) is 11.5 Å². The molecule has 29 heteroatoms. The van der Waals surface area contributed by atoms with Crippen LogP contribution in [0.2, 0.25) is 0 Å². The van der Waals surface area contributed by atoms with E-state index in [4.69, 9.17) is 0 Å². The number of benzene rings is 6. The van der Waals surface area contributed by atoms with Crippen LogP contribution >= 0.6 is 0 Å². The van der Waals surface area contributed by atoms with E-state index in [0.29, 0.717) is 0 Å². The molecule has 0 atom stereocenters. The van der Waals surface area contributed by atoms with Crippen molar-refractivity contribution in [1.82, 2.24) is 0 Å². The van der Waals surface area contributed by atoms with Crippen LogP contribution in [0.25, 0.3) is 21.5 Å². The second kappa shape index (κ2) is 22.1. The number of phenols is 2. The number of carbonyl (C=O) groups excluding carboxylic acids is 1. The van der Waals surface area contributed by atoms with Crippen LogP contribution in [0.15, 0.2) is 125 Å². The van der Waals surface area contributed by atoms with Gasteiger partial charge in [-0.15, -0.1) is 10.2 Å². The van der Waals surface area contributed by atoms with E-state index >= 15 is 0 Å². The van der Waals surface area contributed by atoms with E-state index in [1.54, 1.807) is 0 Å². The van der Waals surface area contributed by atoms with Gasteiger partial charge in [-0.3, -0.25) is 18.2 Å². The maximum Gasteiger partial charge on any atom is 0.323 e. The van der Waals surface area contributed by atoms with E-state index in [9.17, 15) is 66.9 Å². The van der Waals surface area contributed by atoms with E-state index in [0.717, 1.165) is 36.4 Å². The predicted octanol–water partition coefficient (Wildman–Crippen LogP) is 5.96. The topological polar surface area (TPSA) is 349 Å². The van der Waals surface area contributed by atoms with Crippen molar-refractivity contribution in [2.75, 3.05) is 10.6 Å². The Morgan fingerprint density at radius 2 is 0.812 bits per heavy atom. The molecule has 6 rings (SSSR count). The van der Waals surface area contributed by atoms with Gasteiger partial charge >= 0.3 is 6.03 Å². The zero-order chi connectivity index (χ0) is 44.1. The van der Waals surface area contributed by atoms with Crippen LogP contribution in [0.4, 0.5) is 38.9 Å². The van der Waals surface area contributed by atoms with Gasteiger partial charge in [-0.1, -0.05) is 0 Å². The molecule has 316 valence electrons. The molecule has 0 aliphatic rings. The third-order valence-electron chi connectivity index (χ3n) is 8.62. The van der Waals surface area contributed by atoms with Crippen molar-refractivity contribution in [1.29, 1.82) is 0 Å².